The zero-order valence-corrected chi connectivity index (χ0v) is 18.0. The third-order valence-electron chi connectivity index (χ3n) is 6.67. The normalized spacial score (nSPS) is 24.6. The van der Waals surface area contributed by atoms with Gasteiger partial charge in [0.1, 0.15) is 0 Å². The first kappa shape index (κ1) is 20.8. The Balaban J connectivity index is 1.08. The van der Waals surface area contributed by atoms with Crippen LogP contribution in [0.5, 0.6) is 0 Å². The molecule has 2 unspecified atom stereocenters. The van der Waals surface area contributed by atoms with Crippen molar-refractivity contribution in [1.29, 1.82) is 0 Å². The van der Waals surface area contributed by atoms with Gasteiger partial charge in [-0.25, -0.2) is 9.37 Å². The van der Waals surface area contributed by atoms with Crippen LogP contribution in [-0.4, -0.2) is 66.7 Å². The van der Waals surface area contributed by atoms with E-state index in [9.17, 15) is 9.18 Å². The monoisotopic (exact) mass is 437 g/mol. The van der Waals surface area contributed by atoms with Crippen LogP contribution in [0.1, 0.15) is 12.0 Å². The first-order valence-electron chi connectivity index (χ1n) is 11.3. The second-order valence-corrected chi connectivity index (χ2v) is 8.67. The first-order valence-corrected chi connectivity index (χ1v) is 11.3. The number of halogens is 1. The molecule has 2 atom stereocenters. The van der Waals surface area contributed by atoms with Crippen molar-refractivity contribution in [2.75, 3.05) is 55.6 Å². The molecule has 3 fully saturated rings. The average molecular weight is 438 g/mol. The van der Waals surface area contributed by atoms with Crippen molar-refractivity contribution in [1.82, 2.24) is 25.6 Å². The van der Waals surface area contributed by atoms with Crippen LogP contribution in [0, 0.1) is 23.6 Å². The van der Waals surface area contributed by atoms with Gasteiger partial charge < -0.3 is 20.4 Å². The number of pyridine rings is 1. The van der Waals surface area contributed by atoms with Crippen LogP contribution in [0.25, 0.3) is 6.08 Å². The van der Waals surface area contributed by atoms with Crippen molar-refractivity contribution >= 4 is 23.7 Å². The molecule has 2 aromatic heterocycles. The van der Waals surface area contributed by atoms with Crippen molar-refractivity contribution in [2.24, 2.45) is 17.8 Å². The summed E-state index contributed by atoms with van der Waals surface area (Å²) in [5.41, 5.74) is 0.900. The minimum absolute atomic E-state index is 0.0928. The van der Waals surface area contributed by atoms with E-state index in [4.69, 9.17) is 0 Å². The number of amides is 1. The highest BCUT2D eigenvalue weighted by molar-refractivity contribution is 5.91. The van der Waals surface area contributed by atoms with Crippen LogP contribution in [0.15, 0.2) is 36.8 Å². The minimum atomic E-state index is -0.352. The van der Waals surface area contributed by atoms with Crippen LogP contribution in [0.3, 0.4) is 0 Å². The van der Waals surface area contributed by atoms with Crippen LogP contribution in [-0.2, 0) is 4.79 Å². The molecule has 4 heterocycles. The van der Waals surface area contributed by atoms with Gasteiger partial charge in [-0.2, -0.15) is 4.98 Å². The van der Waals surface area contributed by atoms with Crippen LogP contribution in [0.4, 0.5) is 16.2 Å². The quantitative estimate of drug-likeness (QED) is 0.632. The largest absolute Gasteiger partial charge is 0.353 e. The number of anilines is 2. The smallest absolute Gasteiger partial charge is 0.244 e. The van der Waals surface area contributed by atoms with Crippen molar-refractivity contribution < 1.29 is 9.18 Å². The van der Waals surface area contributed by atoms with Crippen LogP contribution in [0.2, 0.25) is 0 Å². The summed E-state index contributed by atoms with van der Waals surface area (Å²) >= 11 is 0. The lowest BCUT2D eigenvalue weighted by Crippen LogP contribution is -2.44. The van der Waals surface area contributed by atoms with Crippen LogP contribution >= 0.6 is 0 Å². The molecule has 1 amide bonds. The fraction of sp³-hybridized carbons (Fsp3) is 0.478. The van der Waals surface area contributed by atoms with E-state index in [1.807, 2.05) is 12.1 Å². The fourth-order valence-electron chi connectivity index (χ4n) is 4.91. The summed E-state index contributed by atoms with van der Waals surface area (Å²) in [4.78, 5) is 29.0. The Kier molecular flexibility index (Phi) is 5.98. The van der Waals surface area contributed by atoms with Crippen molar-refractivity contribution in [3.8, 4) is 0 Å². The number of piperazine rings is 1. The van der Waals surface area contributed by atoms with Gasteiger partial charge in [0.05, 0.1) is 6.20 Å². The van der Waals surface area contributed by atoms with Crippen LogP contribution < -0.4 is 20.4 Å². The number of hydrogen-bond donors (Lipinski definition) is 2. The number of piperidine rings is 1. The Morgan fingerprint density at radius 2 is 2.03 bits per heavy atom. The number of nitrogens with one attached hydrogen (secondary N) is 2. The summed E-state index contributed by atoms with van der Waals surface area (Å²) in [6.07, 6.45) is 8.98. The lowest BCUT2D eigenvalue weighted by Gasteiger charge is -2.28. The Hall–Kier alpha value is -3.07. The highest BCUT2D eigenvalue weighted by Gasteiger charge is 2.55. The van der Waals surface area contributed by atoms with E-state index < -0.39 is 0 Å². The predicted octanol–water partition coefficient (Wildman–Crippen LogP) is 1.32. The summed E-state index contributed by atoms with van der Waals surface area (Å²) in [5, 5.41) is 6.26. The molecule has 1 aliphatic carbocycles. The number of hydrogen-bond acceptors (Lipinski definition) is 7. The number of carbonyl (C=O) groups excluding carboxylic acids is 1. The molecule has 2 aliphatic heterocycles. The topological polar surface area (TPSA) is 86.3 Å². The number of rotatable bonds is 7. The Bertz CT molecular complexity index is 968. The Labute approximate surface area is 186 Å². The number of carbonyl (C=O) groups is 1. The standard InChI is InChI=1S/C23H28FN7O/c24-20-13-28-23(30-10-8-25-9-11-30)29-22(20)31-14-18-17(19(18)15-31)5-7-27-21(32)4-3-16-2-1-6-26-12-16/h1-4,6,12-13,17-19,25H,5,7-11,14-15H2,(H,27,32)/b4-3+. The van der Waals surface area contributed by atoms with E-state index in [0.717, 1.165) is 51.3 Å². The van der Waals surface area contributed by atoms with E-state index in [1.54, 1.807) is 24.5 Å². The summed E-state index contributed by atoms with van der Waals surface area (Å²) < 4.78 is 14.5. The lowest BCUT2D eigenvalue weighted by molar-refractivity contribution is -0.116. The highest BCUT2D eigenvalue weighted by Crippen LogP contribution is 2.54. The van der Waals surface area contributed by atoms with Crippen molar-refractivity contribution in [3.05, 3.63) is 48.2 Å². The van der Waals surface area contributed by atoms with Gasteiger partial charge in [-0.05, 0) is 41.9 Å². The second-order valence-electron chi connectivity index (χ2n) is 8.67. The van der Waals surface area contributed by atoms with E-state index in [2.05, 4.69) is 35.4 Å². The van der Waals surface area contributed by atoms with Crippen molar-refractivity contribution in [3.63, 3.8) is 0 Å². The molecule has 0 spiro atoms. The summed E-state index contributed by atoms with van der Waals surface area (Å²) in [6.45, 7) is 5.74. The number of aromatic nitrogens is 3. The van der Waals surface area contributed by atoms with E-state index in [-0.39, 0.29) is 11.7 Å². The molecule has 1 saturated carbocycles. The molecule has 8 nitrogen and oxygen atoms in total. The maximum absolute atomic E-state index is 14.5. The van der Waals surface area contributed by atoms with Gasteiger partial charge in [-0.3, -0.25) is 9.78 Å². The molecule has 32 heavy (non-hydrogen) atoms. The number of fused-ring (bicyclic) bond motifs is 1. The second kappa shape index (κ2) is 9.20. The van der Waals surface area contributed by atoms with Gasteiger partial charge in [0, 0.05) is 64.3 Å². The van der Waals surface area contributed by atoms with Crippen molar-refractivity contribution in [2.45, 2.75) is 6.42 Å². The summed E-state index contributed by atoms with van der Waals surface area (Å²) in [5.74, 6) is 2.28. The predicted molar refractivity (Wildman–Crippen MR) is 121 cm³/mol. The third kappa shape index (κ3) is 4.57. The SMILES string of the molecule is O=C(/C=C/c1cccnc1)NCCC1C2CN(c3nc(N4CCNCC4)ncc3F)CC12. The Morgan fingerprint density at radius 3 is 2.78 bits per heavy atom. The molecule has 2 saturated heterocycles. The van der Waals surface area contributed by atoms with E-state index >= 15 is 0 Å². The zero-order valence-electron chi connectivity index (χ0n) is 18.0. The first-order chi connectivity index (χ1) is 15.7. The van der Waals surface area contributed by atoms with Gasteiger partial charge in [-0.15, -0.1) is 0 Å². The summed E-state index contributed by atoms with van der Waals surface area (Å²) in [7, 11) is 0. The molecule has 2 N–H and O–H groups in total. The molecule has 0 bridgehead atoms. The molecule has 0 aromatic carbocycles. The third-order valence-corrected chi connectivity index (χ3v) is 6.67. The van der Waals surface area contributed by atoms with Gasteiger partial charge in [0.15, 0.2) is 11.6 Å². The van der Waals surface area contributed by atoms with E-state index in [1.165, 1.54) is 6.20 Å². The average Bonchev–Trinajstić information content (AvgIpc) is 3.27. The molecule has 0 radical (unpaired) electrons. The minimum Gasteiger partial charge on any atom is -0.353 e. The molecule has 3 aliphatic rings. The molecule has 9 heteroatoms. The molecular formula is C23H28FN7O. The number of nitrogens with zero attached hydrogens (tertiary/aromatic N) is 5. The summed E-state index contributed by atoms with van der Waals surface area (Å²) in [6, 6.07) is 3.74. The maximum atomic E-state index is 14.5. The highest BCUT2D eigenvalue weighted by atomic mass is 19.1. The van der Waals surface area contributed by atoms with Gasteiger partial charge in [0.2, 0.25) is 11.9 Å². The molecular weight excluding hydrogens is 409 g/mol. The lowest BCUT2D eigenvalue weighted by atomic mass is 10.2. The maximum Gasteiger partial charge on any atom is 0.244 e. The Morgan fingerprint density at radius 1 is 1.22 bits per heavy atom. The fourth-order valence-corrected chi connectivity index (χ4v) is 4.91. The molecule has 2 aromatic rings. The molecule has 5 rings (SSSR count). The van der Waals surface area contributed by atoms with E-state index in [0.29, 0.717) is 36.1 Å². The van der Waals surface area contributed by atoms with Gasteiger partial charge >= 0.3 is 0 Å². The zero-order chi connectivity index (χ0) is 21.9. The van der Waals surface area contributed by atoms with Gasteiger partial charge in [-0.1, -0.05) is 6.07 Å². The molecule has 168 valence electrons. The van der Waals surface area contributed by atoms with Gasteiger partial charge in [0.25, 0.3) is 0 Å².